The predicted molar refractivity (Wildman–Crippen MR) is 154 cm³/mol. The van der Waals surface area contributed by atoms with Crippen molar-refractivity contribution in [2.24, 2.45) is 13.0 Å². The molecule has 0 saturated carbocycles. The van der Waals surface area contributed by atoms with Gasteiger partial charge in [-0.25, -0.2) is 9.37 Å². The van der Waals surface area contributed by atoms with E-state index in [9.17, 15) is 14.0 Å². The van der Waals surface area contributed by atoms with Gasteiger partial charge in [0.2, 0.25) is 5.91 Å². The van der Waals surface area contributed by atoms with Gasteiger partial charge in [-0.15, -0.1) is 0 Å². The lowest BCUT2D eigenvalue weighted by Gasteiger charge is -2.38. The molecular formula is C29H33FN8O3. The number of hydrogen-bond donors (Lipinski definition) is 2. The van der Waals surface area contributed by atoms with Crippen molar-refractivity contribution in [2.45, 2.75) is 32.4 Å². The Morgan fingerprint density at radius 1 is 1.15 bits per heavy atom. The third kappa shape index (κ3) is 5.39. The van der Waals surface area contributed by atoms with Crippen molar-refractivity contribution in [1.82, 2.24) is 30.0 Å². The molecule has 11 nitrogen and oxygen atoms in total. The minimum Gasteiger partial charge on any atom is -0.463 e. The second-order valence-electron chi connectivity index (χ2n) is 11.2. The molecule has 0 radical (unpaired) electrons. The Hall–Kier alpha value is -4.32. The Balaban J connectivity index is 1.34. The second kappa shape index (κ2) is 10.6. The third-order valence-corrected chi connectivity index (χ3v) is 7.65. The summed E-state index contributed by atoms with van der Waals surface area (Å²) in [6.45, 7) is 6.76. The van der Waals surface area contributed by atoms with Gasteiger partial charge in [-0.05, 0) is 38.1 Å². The Morgan fingerprint density at radius 3 is 2.66 bits per heavy atom. The lowest BCUT2D eigenvalue weighted by Crippen LogP contribution is -2.54. The molecule has 4 aromatic rings. The summed E-state index contributed by atoms with van der Waals surface area (Å²) in [6.07, 6.45) is 3.80. The van der Waals surface area contributed by atoms with Crippen molar-refractivity contribution in [2.75, 3.05) is 43.5 Å². The number of anilines is 2. The number of aromatic nitrogens is 4. The minimum atomic E-state index is -0.519. The number of likely N-dealkylation sites (tertiary alicyclic amines) is 1. The van der Waals surface area contributed by atoms with Gasteiger partial charge < -0.3 is 25.2 Å². The maximum Gasteiger partial charge on any atom is 0.316 e. The van der Waals surface area contributed by atoms with Gasteiger partial charge >= 0.3 is 6.01 Å². The van der Waals surface area contributed by atoms with Crippen LogP contribution < -0.4 is 20.3 Å². The number of carbonyl (C=O) groups excluding carboxylic acids is 2. The van der Waals surface area contributed by atoms with Crippen molar-refractivity contribution < 1.29 is 18.7 Å². The predicted octanol–water partition coefficient (Wildman–Crippen LogP) is 2.95. The lowest BCUT2D eigenvalue weighted by atomic mass is 10.0. The number of nitrogens with one attached hydrogen (secondary N) is 2. The Labute approximate surface area is 236 Å². The molecule has 4 heterocycles. The van der Waals surface area contributed by atoms with Gasteiger partial charge in [-0.3, -0.25) is 14.3 Å². The van der Waals surface area contributed by atoms with Crippen LogP contribution in [-0.2, 0) is 11.8 Å². The summed E-state index contributed by atoms with van der Waals surface area (Å²) < 4.78 is 22.2. The first-order chi connectivity index (χ1) is 19.6. The minimum absolute atomic E-state index is 0.0435. The van der Waals surface area contributed by atoms with Crippen LogP contribution in [-0.4, -0.2) is 81.8 Å². The highest BCUT2D eigenvalue weighted by Gasteiger charge is 2.28. The van der Waals surface area contributed by atoms with Crippen molar-refractivity contribution in [1.29, 1.82) is 0 Å². The maximum absolute atomic E-state index is 14.7. The van der Waals surface area contributed by atoms with Crippen LogP contribution in [0.15, 0.2) is 36.7 Å². The van der Waals surface area contributed by atoms with E-state index < -0.39 is 11.7 Å². The standard InChI is InChI=1S/C29H33FN8O3/c1-16-11-38(12-17(2)32-16)24-6-5-21(28(40)33-20-8-19-14-37(4)35-26(19)23(30)9-20)27-22(24)10-31-29(34-27)41-15-18-7-25(39)36(3)13-18/h5-6,8-10,14,16-18,32H,7,11-13,15H2,1-4H3,(H,33,40)/t16-,17-,18?/m1/s1. The zero-order valence-electron chi connectivity index (χ0n) is 23.5. The molecule has 0 aliphatic carbocycles. The van der Waals surface area contributed by atoms with Gasteiger partial charge in [-0.2, -0.15) is 10.1 Å². The van der Waals surface area contributed by atoms with Crippen LogP contribution in [0.1, 0.15) is 30.6 Å². The van der Waals surface area contributed by atoms with Gasteiger partial charge in [0.1, 0.15) is 5.52 Å². The quantitative estimate of drug-likeness (QED) is 0.370. The third-order valence-electron chi connectivity index (χ3n) is 7.65. The molecule has 6 rings (SSSR count). The monoisotopic (exact) mass is 560 g/mol. The van der Waals surface area contributed by atoms with Crippen molar-refractivity contribution in [3.8, 4) is 6.01 Å². The average molecular weight is 561 g/mol. The largest absolute Gasteiger partial charge is 0.463 e. The van der Waals surface area contributed by atoms with E-state index in [-0.39, 0.29) is 35.4 Å². The Kier molecular flexibility index (Phi) is 6.94. The number of carbonyl (C=O) groups is 2. The number of halogens is 1. The van der Waals surface area contributed by atoms with Crippen molar-refractivity contribution >= 4 is 45.0 Å². The average Bonchev–Trinajstić information content (AvgIpc) is 3.46. The lowest BCUT2D eigenvalue weighted by molar-refractivity contribution is -0.126. The molecule has 2 amide bonds. The summed E-state index contributed by atoms with van der Waals surface area (Å²) in [5, 5.41) is 11.8. The first kappa shape index (κ1) is 26.9. The molecule has 2 aromatic carbocycles. The molecule has 2 aliphatic rings. The molecule has 2 saturated heterocycles. The molecule has 0 bridgehead atoms. The van der Waals surface area contributed by atoms with Crippen LogP contribution in [0.25, 0.3) is 21.8 Å². The molecule has 214 valence electrons. The molecule has 1 unspecified atom stereocenters. The number of benzene rings is 2. The number of fused-ring (bicyclic) bond motifs is 2. The molecule has 41 heavy (non-hydrogen) atoms. The first-order valence-electron chi connectivity index (χ1n) is 13.8. The number of ether oxygens (including phenoxy) is 1. The number of hydrogen-bond acceptors (Lipinski definition) is 8. The summed E-state index contributed by atoms with van der Waals surface area (Å²) in [5.41, 5.74) is 2.23. The van der Waals surface area contributed by atoms with Gasteiger partial charge in [0.05, 0.1) is 17.7 Å². The Bertz CT molecular complexity index is 1650. The van der Waals surface area contributed by atoms with E-state index in [1.54, 1.807) is 43.5 Å². The van der Waals surface area contributed by atoms with Gasteiger partial charge in [0.15, 0.2) is 5.82 Å². The summed E-state index contributed by atoms with van der Waals surface area (Å²) in [6, 6.07) is 7.30. The molecule has 2 aliphatic heterocycles. The number of amides is 2. The van der Waals surface area contributed by atoms with Crippen LogP contribution in [0.2, 0.25) is 0 Å². The van der Waals surface area contributed by atoms with Crippen molar-refractivity contribution in [3.05, 3.63) is 48.0 Å². The summed E-state index contributed by atoms with van der Waals surface area (Å²) in [5.74, 6) is -0.822. The van der Waals surface area contributed by atoms with Crippen LogP contribution in [0.4, 0.5) is 15.8 Å². The van der Waals surface area contributed by atoms with E-state index in [0.29, 0.717) is 41.7 Å². The second-order valence-corrected chi connectivity index (χ2v) is 11.2. The van der Waals surface area contributed by atoms with Gasteiger partial charge in [0, 0.05) is 92.7 Å². The van der Waals surface area contributed by atoms with E-state index in [0.717, 1.165) is 24.2 Å². The highest BCUT2D eigenvalue weighted by atomic mass is 19.1. The zero-order valence-corrected chi connectivity index (χ0v) is 23.5. The fourth-order valence-corrected chi connectivity index (χ4v) is 5.88. The normalized spacial score (nSPS) is 21.2. The van der Waals surface area contributed by atoms with Crippen LogP contribution >= 0.6 is 0 Å². The van der Waals surface area contributed by atoms with Crippen LogP contribution in [0.5, 0.6) is 6.01 Å². The van der Waals surface area contributed by atoms with E-state index in [1.807, 2.05) is 6.07 Å². The number of piperazine rings is 1. The topological polar surface area (TPSA) is 118 Å². The highest BCUT2D eigenvalue weighted by Crippen LogP contribution is 2.32. The van der Waals surface area contributed by atoms with E-state index in [4.69, 9.17) is 4.74 Å². The Morgan fingerprint density at radius 2 is 1.93 bits per heavy atom. The molecule has 2 fully saturated rings. The van der Waals surface area contributed by atoms with Gasteiger partial charge in [-0.1, -0.05) is 0 Å². The fourth-order valence-electron chi connectivity index (χ4n) is 5.88. The maximum atomic E-state index is 14.7. The zero-order chi connectivity index (χ0) is 28.8. The van der Waals surface area contributed by atoms with Crippen LogP contribution in [0, 0.1) is 11.7 Å². The van der Waals surface area contributed by atoms with E-state index >= 15 is 0 Å². The molecule has 2 aromatic heterocycles. The first-order valence-corrected chi connectivity index (χ1v) is 13.8. The number of aryl methyl sites for hydroxylation is 1. The van der Waals surface area contributed by atoms with E-state index in [2.05, 4.69) is 44.4 Å². The molecule has 12 heteroatoms. The molecular weight excluding hydrogens is 527 g/mol. The number of nitrogens with zero attached hydrogens (tertiary/aromatic N) is 6. The summed E-state index contributed by atoms with van der Waals surface area (Å²) in [4.78, 5) is 38.6. The fraction of sp³-hybridized carbons (Fsp3) is 0.414. The molecule has 3 atom stereocenters. The number of rotatable bonds is 6. The van der Waals surface area contributed by atoms with E-state index in [1.165, 1.54) is 10.7 Å². The van der Waals surface area contributed by atoms with Crippen molar-refractivity contribution in [3.63, 3.8) is 0 Å². The summed E-state index contributed by atoms with van der Waals surface area (Å²) >= 11 is 0. The van der Waals surface area contributed by atoms with Crippen LogP contribution in [0.3, 0.4) is 0 Å². The molecule has 2 N–H and O–H groups in total. The highest BCUT2D eigenvalue weighted by molar-refractivity contribution is 6.14. The summed E-state index contributed by atoms with van der Waals surface area (Å²) in [7, 11) is 3.49. The molecule has 0 spiro atoms. The smallest absolute Gasteiger partial charge is 0.316 e. The SMILES string of the molecule is C[C@@H]1CN(c2ccc(C(=O)Nc3cc(F)c4nn(C)cc4c3)c3nc(OCC4CC(=O)N(C)C4)ncc23)C[C@@H](C)N1. The van der Waals surface area contributed by atoms with Gasteiger partial charge in [0.25, 0.3) is 5.91 Å².